The monoisotopic (exact) mass is 268 g/mol. The Hall–Kier alpha value is -0.610. The molecule has 0 aromatic heterocycles. The molecule has 0 bridgehead atoms. The first-order valence-electron chi connectivity index (χ1n) is 7.91. The summed E-state index contributed by atoms with van der Waals surface area (Å²) in [6, 6.07) is 0.494. The van der Waals surface area contributed by atoms with Crippen LogP contribution in [0.1, 0.15) is 45.4 Å². The van der Waals surface area contributed by atoms with E-state index >= 15 is 0 Å². The fraction of sp³-hybridized carbons (Fsp3) is 0.933. The van der Waals surface area contributed by atoms with E-state index in [0.717, 1.165) is 45.5 Å². The minimum atomic E-state index is 0.101. The number of nitrogens with zero attached hydrogens (tertiary/aromatic N) is 1. The van der Waals surface area contributed by atoms with Gasteiger partial charge in [0, 0.05) is 25.7 Å². The minimum absolute atomic E-state index is 0.101. The maximum Gasteiger partial charge on any atom is 0.228 e. The van der Waals surface area contributed by atoms with Crippen molar-refractivity contribution in [3.63, 3.8) is 0 Å². The fourth-order valence-electron chi connectivity index (χ4n) is 3.10. The zero-order chi connectivity index (χ0) is 13.5. The Bertz CT molecular complexity index is 271. The molecule has 0 aromatic carbocycles. The van der Waals surface area contributed by atoms with Crippen molar-refractivity contribution in [1.82, 2.24) is 10.2 Å². The Morgan fingerprint density at radius 2 is 2.21 bits per heavy atom. The second-order valence-corrected chi connectivity index (χ2v) is 5.85. The molecule has 2 aliphatic heterocycles. The molecule has 1 amide bonds. The third-order valence-electron chi connectivity index (χ3n) is 4.17. The summed E-state index contributed by atoms with van der Waals surface area (Å²) in [4.78, 5) is 14.7. The summed E-state index contributed by atoms with van der Waals surface area (Å²) in [6.07, 6.45) is 6.82. The van der Waals surface area contributed by atoms with E-state index in [2.05, 4.69) is 17.1 Å². The molecule has 0 aromatic rings. The lowest BCUT2D eigenvalue weighted by Crippen LogP contribution is -2.48. The second-order valence-electron chi connectivity index (χ2n) is 5.85. The van der Waals surface area contributed by atoms with Crippen LogP contribution in [0.15, 0.2) is 0 Å². The van der Waals surface area contributed by atoms with E-state index < -0.39 is 0 Å². The maximum absolute atomic E-state index is 12.6. The van der Waals surface area contributed by atoms with E-state index in [1.54, 1.807) is 0 Å². The summed E-state index contributed by atoms with van der Waals surface area (Å²) in [7, 11) is 0. The highest BCUT2D eigenvalue weighted by atomic mass is 16.5. The highest BCUT2D eigenvalue weighted by Gasteiger charge is 2.28. The summed E-state index contributed by atoms with van der Waals surface area (Å²) in [5, 5.41) is 3.54. The van der Waals surface area contributed by atoms with Gasteiger partial charge in [0.25, 0.3) is 0 Å². The predicted molar refractivity (Wildman–Crippen MR) is 76.1 cm³/mol. The van der Waals surface area contributed by atoms with Gasteiger partial charge in [0.2, 0.25) is 5.91 Å². The van der Waals surface area contributed by atoms with Gasteiger partial charge < -0.3 is 15.0 Å². The molecule has 2 saturated heterocycles. The number of ether oxygens (including phenoxy) is 1. The van der Waals surface area contributed by atoms with Crippen LogP contribution in [0.3, 0.4) is 0 Å². The molecule has 19 heavy (non-hydrogen) atoms. The molecule has 2 heterocycles. The summed E-state index contributed by atoms with van der Waals surface area (Å²) >= 11 is 0. The molecule has 4 nitrogen and oxygen atoms in total. The number of amides is 1. The van der Waals surface area contributed by atoms with E-state index in [9.17, 15) is 4.79 Å². The molecule has 1 N–H and O–H groups in total. The Morgan fingerprint density at radius 1 is 1.32 bits per heavy atom. The standard InChI is InChI=1S/C15H28N2O2/c1-2-9-17(11-14-7-3-4-8-16-14)15(18)13-6-5-10-19-12-13/h13-14,16H,2-12H2,1H3. The van der Waals surface area contributed by atoms with Crippen molar-refractivity contribution in [3.8, 4) is 0 Å². The fourth-order valence-corrected chi connectivity index (χ4v) is 3.10. The van der Waals surface area contributed by atoms with E-state index in [-0.39, 0.29) is 5.92 Å². The summed E-state index contributed by atoms with van der Waals surface area (Å²) in [6.45, 7) is 6.45. The van der Waals surface area contributed by atoms with Crippen LogP contribution in [-0.2, 0) is 9.53 Å². The Kier molecular flexibility index (Phi) is 6.11. The summed E-state index contributed by atoms with van der Waals surface area (Å²) < 4.78 is 5.46. The van der Waals surface area contributed by atoms with Gasteiger partial charge in [-0.25, -0.2) is 0 Å². The highest BCUT2D eigenvalue weighted by molar-refractivity contribution is 5.79. The van der Waals surface area contributed by atoms with Crippen LogP contribution in [0.5, 0.6) is 0 Å². The Balaban J connectivity index is 1.87. The zero-order valence-corrected chi connectivity index (χ0v) is 12.2. The van der Waals surface area contributed by atoms with E-state index in [4.69, 9.17) is 4.74 Å². The first kappa shape index (κ1) is 14.8. The topological polar surface area (TPSA) is 41.6 Å². The van der Waals surface area contributed by atoms with Crippen LogP contribution in [0.25, 0.3) is 0 Å². The lowest BCUT2D eigenvalue weighted by molar-refractivity contribution is -0.140. The SMILES string of the molecule is CCCN(CC1CCCCN1)C(=O)C1CCCOC1. The van der Waals surface area contributed by atoms with E-state index in [1.165, 1.54) is 19.3 Å². The molecular weight excluding hydrogens is 240 g/mol. The van der Waals surface area contributed by atoms with Crippen LogP contribution in [0, 0.1) is 5.92 Å². The molecule has 2 rings (SSSR count). The van der Waals surface area contributed by atoms with Crippen molar-refractivity contribution in [2.75, 3.05) is 32.8 Å². The second kappa shape index (κ2) is 7.85. The average Bonchev–Trinajstić information content (AvgIpc) is 2.48. The largest absolute Gasteiger partial charge is 0.381 e. The van der Waals surface area contributed by atoms with Crippen LogP contribution in [0.4, 0.5) is 0 Å². The van der Waals surface area contributed by atoms with Crippen LogP contribution < -0.4 is 5.32 Å². The van der Waals surface area contributed by atoms with E-state index in [0.29, 0.717) is 18.6 Å². The zero-order valence-electron chi connectivity index (χ0n) is 12.2. The smallest absolute Gasteiger partial charge is 0.228 e. The van der Waals surface area contributed by atoms with Gasteiger partial charge in [-0.1, -0.05) is 13.3 Å². The highest BCUT2D eigenvalue weighted by Crippen LogP contribution is 2.18. The van der Waals surface area contributed by atoms with Crippen molar-refractivity contribution >= 4 is 5.91 Å². The third-order valence-corrected chi connectivity index (χ3v) is 4.17. The van der Waals surface area contributed by atoms with Crippen molar-refractivity contribution < 1.29 is 9.53 Å². The van der Waals surface area contributed by atoms with Crippen LogP contribution in [-0.4, -0.2) is 49.7 Å². The minimum Gasteiger partial charge on any atom is -0.381 e. The normalized spacial score (nSPS) is 28.1. The van der Waals surface area contributed by atoms with Gasteiger partial charge in [0.15, 0.2) is 0 Å². The van der Waals surface area contributed by atoms with Crippen molar-refractivity contribution in [1.29, 1.82) is 0 Å². The first-order valence-corrected chi connectivity index (χ1v) is 7.91. The molecule has 4 heteroatoms. The van der Waals surface area contributed by atoms with Crippen molar-refractivity contribution in [3.05, 3.63) is 0 Å². The lowest BCUT2D eigenvalue weighted by atomic mass is 9.99. The number of rotatable bonds is 5. The number of nitrogens with one attached hydrogen (secondary N) is 1. The predicted octanol–water partition coefficient (Wildman–Crippen LogP) is 1.79. The Morgan fingerprint density at radius 3 is 2.84 bits per heavy atom. The molecule has 110 valence electrons. The van der Waals surface area contributed by atoms with Gasteiger partial charge in [-0.05, 0) is 38.6 Å². The summed E-state index contributed by atoms with van der Waals surface area (Å²) in [5.74, 6) is 0.415. The molecule has 2 atom stereocenters. The number of carbonyl (C=O) groups is 1. The Labute approximate surface area is 116 Å². The van der Waals surface area contributed by atoms with Gasteiger partial charge in [-0.15, -0.1) is 0 Å². The van der Waals surface area contributed by atoms with Crippen LogP contribution >= 0.6 is 0 Å². The van der Waals surface area contributed by atoms with Crippen molar-refractivity contribution in [2.24, 2.45) is 5.92 Å². The molecule has 0 radical (unpaired) electrons. The third kappa shape index (κ3) is 4.46. The van der Waals surface area contributed by atoms with Gasteiger partial charge in [-0.2, -0.15) is 0 Å². The number of hydrogen-bond acceptors (Lipinski definition) is 3. The average molecular weight is 268 g/mol. The molecule has 2 fully saturated rings. The number of hydrogen-bond donors (Lipinski definition) is 1. The summed E-state index contributed by atoms with van der Waals surface area (Å²) in [5.41, 5.74) is 0. The first-order chi connectivity index (χ1) is 9.31. The van der Waals surface area contributed by atoms with Gasteiger partial charge in [0.1, 0.15) is 0 Å². The van der Waals surface area contributed by atoms with E-state index in [1.807, 2.05) is 0 Å². The van der Waals surface area contributed by atoms with Gasteiger partial charge in [0.05, 0.1) is 12.5 Å². The molecule has 0 saturated carbocycles. The maximum atomic E-state index is 12.6. The molecule has 0 spiro atoms. The van der Waals surface area contributed by atoms with Crippen LogP contribution in [0.2, 0.25) is 0 Å². The molecular formula is C15H28N2O2. The molecule has 2 unspecified atom stereocenters. The number of piperidine rings is 1. The molecule has 0 aliphatic carbocycles. The number of carbonyl (C=O) groups excluding carboxylic acids is 1. The quantitative estimate of drug-likeness (QED) is 0.826. The van der Waals surface area contributed by atoms with Gasteiger partial charge in [-0.3, -0.25) is 4.79 Å². The van der Waals surface area contributed by atoms with Gasteiger partial charge >= 0.3 is 0 Å². The van der Waals surface area contributed by atoms with Crippen molar-refractivity contribution in [2.45, 2.75) is 51.5 Å². The lowest BCUT2D eigenvalue weighted by Gasteiger charge is -2.33. The molecule has 2 aliphatic rings.